The Bertz CT molecular complexity index is 2080. The van der Waals surface area contributed by atoms with Gasteiger partial charge in [-0.2, -0.15) is 12.6 Å². The molecule has 2 aromatic heterocycles. The molecule has 0 saturated carbocycles. The van der Waals surface area contributed by atoms with Crippen LogP contribution in [0, 0.1) is 11.6 Å². The predicted molar refractivity (Wildman–Crippen MR) is 240 cm³/mol. The molecule has 21 heteroatoms. The van der Waals surface area contributed by atoms with Gasteiger partial charge in [-0.3, -0.25) is 28.8 Å². The standard InChI is InChI=1S/C23H29FN4O5.C22H27FN4O5S/c1-4-7-8-9-14-12-20(29)25-13-19-15(24)10-11-18(26-19)22(31)27-16(5-2)21(30)28-17(6-3)23(32)33-14;1-3-15-20(29)27-16(4-2)22(31)32-13(7-5-6-10-33)11-19(28)24-12-18-14(23)8-9-17(25-18)21(30)26-15/h5,8-11,14,17H,4,6-7,12-13H2,1-3H3,(H,25,29)(H,27,31)(H,28,30);3,5,7-9,13,16,33H,4,6,10-12H2,1-2H3,(H,24,28)(H,26,30)(H,27,29)/b9-8+,16-5-;7-5+,15-3-/t14-,17+;13-,16+/m11/s1. The van der Waals surface area contributed by atoms with Gasteiger partial charge in [-0.05, 0) is 81.7 Å². The van der Waals surface area contributed by atoms with Crippen molar-refractivity contribution < 1.29 is 56.6 Å². The van der Waals surface area contributed by atoms with Crippen molar-refractivity contribution in [3.63, 3.8) is 0 Å². The third-order valence-corrected chi connectivity index (χ3v) is 9.79. The van der Waals surface area contributed by atoms with E-state index in [-0.39, 0.29) is 72.9 Å². The molecule has 6 N–H and O–H groups in total. The lowest BCUT2D eigenvalue weighted by Crippen LogP contribution is -2.46. The zero-order valence-corrected chi connectivity index (χ0v) is 38.2. The molecule has 6 amide bonds. The molecule has 4 heterocycles. The number of ether oxygens (including phenoxy) is 2. The van der Waals surface area contributed by atoms with Crippen molar-refractivity contribution in [2.24, 2.45) is 0 Å². The first-order valence-electron chi connectivity index (χ1n) is 21.3. The molecule has 2 aliphatic rings. The van der Waals surface area contributed by atoms with Gasteiger partial charge in [-0.15, -0.1) is 0 Å². The van der Waals surface area contributed by atoms with Crippen LogP contribution < -0.4 is 31.9 Å². The second kappa shape index (κ2) is 27.5. The van der Waals surface area contributed by atoms with Crippen molar-refractivity contribution in [2.45, 2.75) is 117 Å². The van der Waals surface area contributed by atoms with Gasteiger partial charge in [0.25, 0.3) is 23.6 Å². The molecule has 0 radical (unpaired) electrons. The summed E-state index contributed by atoms with van der Waals surface area (Å²) in [6, 6.07) is 2.46. The second-order valence-electron chi connectivity index (χ2n) is 14.5. The number of carbonyl (C=O) groups excluding carboxylic acids is 8. The molecule has 0 unspecified atom stereocenters. The zero-order valence-electron chi connectivity index (χ0n) is 37.3. The van der Waals surface area contributed by atoms with E-state index in [0.29, 0.717) is 12.2 Å². The summed E-state index contributed by atoms with van der Waals surface area (Å²) < 4.78 is 39.3. The number of cyclic esters (lactones) is 2. The van der Waals surface area contributed by atoms with Crippen LogP contribution in [0.5, 0.6) is 0 Å². The fourth-order valence-electron chi connectivity index (χ4n) is 5.86. The zero-order chi connectivity index (χ0) is 48.8. The number of thiol groups is 1. The van der Waals surface area contributed by atoms with Gasteiger partial charge in [-0.25, -0.2) is 28.3 Å². The number of nitrogens with zero attached hydrogens (tertiary/aromatic N) is 2. The summed E-state index contributed by atoms with van der Waals surface area (Å²) in [7, 11) is 0. The van der Waals surface area contributed by atoms with E-state index in [1.54, 1.807) is 45.1 Å². The normalized spacial score (nSPS) is 22.0. The van der Waals surface area contributed by atoms with Crippen LogP contribution in [0.4, 0.5) is 8.78 Å². The number of unbranched alkanes of at least 4 members (excludes halogenated alkanes) is 1. The highest BCUT2D eigenvalue weighted by molar-refractivity contribution is 7.80. The lowest BCUT2D eigenvalue weighted by atomic mass is 10.1. The molecular formula is C45H56F2N8O10S. The fourth-order valence-corrected chi connectivity index (χ4v) is 6.01. The van der Waals surface area contributed by atoms with Gasteiger partial charge >= 0.3 is 11.9 Å². The van der Waals surface area contributed by atoms with E-state index in [0.717, 1.165) is 25.0 Å². The third-order valence-electron chi connectivity index (χ3n) is 9.53. The summed E-state index contributed by atoms with van der Waals surface area (Å²) in [6.07, 6.45) is 9.93. The molecule has 4 rings (SSSR count). The number of pyridine rings is 2. The number of nitrogens with one attached hydrogen (secondary N) is 6. The Morgan fingerprint density at radius 1 is 0.636 bits per heavy atom. The summed E-state index contributed by atoms with van der Waals surface area (Å²) >= 11 is 4.12. The monoisotopic (exact) mass is 938 g/mol. The van der Waals surface area contributed by atoms with E-state index >= 15 is 0 Å². The van der Waals surface area contributed by atoms with Gasteiger partial charge < -0.3 is 41.4 Å². The van der Waals surface area contributed by atoms with Crippen LogP contribution in [0.2, 0.25) is 0 Å². The summed E-state index contributed by atoms with van der Waals surface area (Å²) in [4.78, 5) is 109. The second-order valence-corrected chi connectivity index (χ2v) is 14.9. The Kier molecular flexibility index (Phi) is 22.3. The first-order chi connectivity index (χ1) is 31.6. The fraction of sp³-hybridized carbons (Fsp3) is 0.422. The quantitative estimate of drug-likeness (QED) is 0.0869. The smallest absolute Gasteiger partial charge is 0.329 e. The molecule has 0 spiro atoms. The minimum atomic E-state index is -1.00. The maximum Gasteiger partial charge on any atom is 0.329 e. The van der Waals surface area contributed by atoms with Crippen LogP contribution in [-0.4, -0.2) is 87.4 Å². The van der Waals surface area contributed by atoms with Gasteiger partial charge in [0.1, 0.15) is 58.7 Å². The van der Waals surface area contributed by atoms with Crippen LogP contribution in [-0.2, 0) is 51.3 Å². The van der Waals surface area contributed by atoms with E-state index in [1.807, 2.05) is 6.92 Å². The van der Waals surface area contributed by atoms with E-state index < -0.39 is 83.3 Å². The number of carbonyl (C=O) groups is 8. The summed E-state index contributed by atoms with van der Waals surface area (Å²) in [5.41, 5.74) is -0.774. The average molecular weight is 939 g/mol. The van der Waals surface area contributed by atoms with Crippen molar-refractivity contribution >= 4 is 60.0 Å². The summed E-state index contributed by atoms with van der Waals surface area (Å²) in [5.74, 6) is -6.18. The van der Waals surface area contributed by atoms with Crippen LogP contribution in [0.15, 0.2) is 72.1 Å². The van der Waals surface area contributed by atoms with Crippen LogP contribution in [0.3, 0.4) is 0 Å². The maximum atomic E-state index is 14.2. The van der Waals surface area contributed by atoms with Gasteiger partial charge in [0.2, 0.25) is 11.8 Å². The predicted octanol–water partition coefficient (Wildman–Crippen LogP) is 3.59. The number of fused-ring (bicyclic) bond motifs is 4. The molecule has 4 atom stereocenters. The summed E-state index contributed by atoms with van der Waals surface area (Å²) in [5, 5.41) is 14.9. The third kappa shape index (κ3) is 17.0. The Labute approximate surface area is 386 Å². The Morgan fingerprint density at radius 3 is 1.41 bits per heavy atom. The lowest BCUT2D eigenvalue weighted by molar-refractivity contribution is -0.152. The van der Waals surface area contributed by atoms with Crippen LogP contribution in [0.1, 0.15) is 112 Å². The van der Waals surface area contributed by atoms with Crippen molar-refractivity contribution in [1.82, 2.24) is 41.9 Å². The number of amides is 6. The van der Waals surface area contributed by atoms with E-state index in [9.17, 15) is 47.1 Å². The van der Waals surface area contributed by atoms with Crippen molar-refractivity contribution in [1.29, 1.82) is 0 Å². The van der Waals surface area contributed by atoms with Crippen molar-refractivity contribution in [2.75, 3.05) is 5.75 Å². The van der Waals surface area contributed by atoms with Gasteiger partial charge in [0.15, 0.2) is 0 Å². The topological polar surface area (TPSA) is 253 Å². The minimum absolute atomic E-state index is 0.0984. The average Bonchev–Trinajstić information content (AvgIpc) is 3.29. The molecular weight excluding hydrogens is 883 g/mol. The summed E-state index contributed by atoms with van der Waals surface area (Å²) in [6.45, 7) is 7.89. The molecule has 0 saturated heterocycles. The number of hydrogen-bond acceptors (Lipinski definition) is 13. The first-order valence-corrected chi connectivity index (χ1v) is 22.0. The minimum Gasteiger partial charge on any atom is -0.456 e. The van der Waals surface area contributed by atoms with E-state index in [1.165, 1.54) is 31.2 Å². The SMILES string of the molecule is C/C=C1\NC(=O)c2ccc(F)c(n2)CNC(=O)C[C@@H](/C=C/CCC)OC(=O)[C@H](CC)NC1=O.C/C=C1\NC(=O)c2ccc(F)c(n2)CNC(=O)C[C@@H](/C=C/CCS)OC(=O)[C@H](CC)NC1=O. The molecule has 18 nitrogen and oxygen atoms in total. The number of aromatic nitrogens is 2. The number of allylic oxidation sites excluding steroid dienone is 4. The highest BCUT2D eigenvalue weighted by Gasteiger charge is 2.29. The Morgan fingerprint density at radius 2 is 1.05 bits per heavy atom. The molecule has 66 heavy (non-hydrogen) atoms. The molecule has 2 aromatic rings. The van der Waals surface area contributed by atoms with E-state index in [4.69, 9.17) is 9.47 Å². The van der Waals surface area contributed by atoms with Gasteiger partial charge in [-0.1, -0.05) is 51.5 Å². The molecule has 0 fully saturated rings. The number of rotatable bonds is 8. The van der Waals surface area contributed by atoms with Crippen molar-refractivity contribution in [3.8, 4) is 0 Å². The highest BCUT2D eigenvalue weighted by Crippen LogP contribution is 2.13. The van der Waals surface area contributed by atoms with Gasteiger partial charge in [0, 0.05) is 0 Å². The number of esters is 2. The van der Waals surface area contributed by atoms with Crippen molar-refractivity contribution in [3.05, 3.63) is 107 Å². The number of halogens is 2. The molecule has 0 aliphatic carbocycles. The highest BCUT2D eigenvalue weighted by atomic mass is 32.1. The maximum absolute atomic E-state index is 14.2. The molecule has 4 bridgehead atoms. The molecule has 356 valence electrons. The Balaban J connectivity index is 0.000000350. The first kappa shape index (κ1) is 53.6. The van der Waals surface area contributed by atoms with Crippen LogP contribution in [0.25, 0.3) is 0 Å². The number of hydrogen-bond donors (Lipinski definition) is 7. The Hall–Kier alpha value is -6.77. The largest absolute Gasteiger partial charge is 0.456 e. The van der Waals surface area contributed by atoms with Gasteiger partial charge in [0.05, 0.1) is 37.3 Å². The van der Waals surface area contributed by atoms with E-state index in [2.05, 4.69) is 54.5 Å². The molecule has 0 aromatic carbocycles. The lowest BCUT2D eigenvalue weighted by Gasteiger charge is -2.21. The molecule has 2 aliphatic heterocycles. The van der Waals surface area contributed by atoms with Crippen LogP contribution >= 0.6 is 12.6 Å².